The van der Waals surface area contributed by atoms with Gasteiger partial charge in [0.25, 0.3) is 0 Å². The summed E-state index contributed by atoms with van der Waals surface area (Å²) in [5, 5.41) is 2.06. The van der Waals surface area contributed by atoms with Crippen LogP contribution in [0.2, 0.25) is 0 Å². The summed E-state index contributed by atoms with van der Waals surface area (Å²) in [5.74, 6) is -1.57. The summed E-state index contributed by atoms with van der Waals surface area (Å²) in [5.41, 5.74) is -0.349. The molecule has 0 bridgehead atoms. The van der Waals surface area contributed by atoms with Crippen LogP contribution < -0.4 is 10.1 Å². The highest BCUT2D eigenvalue weighted by molar-refractivity contribution is 5.82. The summed E-state index contributed by atoms with van der Waals surface area (Å²) in [6.45, 7) is 0. The fourth-order valence-corrected chi connectivity index (χ4v) is 3.00. The van der Waals surface area contributed by atoms with E-state index in [-0.39, 0.29) is 5.92 Å². The molecule has 1 aliphatic carbocycles. The van der Waals surface area contributed by atoms with E-state index in [2.05, 4.69) is 5.32 Å². The molecule has 1 aromatic carbocycles. The predicted octanol–water partition coefficient (Wildman–Crippen LogP) is 2.72. The van der Waals surface area contributed by atoms with Gasteiger partial charge < -0.3 is 10.1 Å². The van der Waals surface area contributed by atoms with Crippen molar-refractivity contribution < 1.29 is 22.7 Å². The average molecular weight is 271 g/mol. The van der Waals surface area contributed by atoms with Crippen LogP contribution in [0.3, 0.4) is 0 Å². The number of para-hydroxylation sites is 1. The number of benzene rings is 1. The number of rotatable bonds is 1. The van der Waals surface area contributed by atoms with Gasteiger partial charge in [-0.3, -0.25) is 4.79 Å². The average Bonchev–Trinajstić information content (AvgIpc) is 2.83. The molecule has 1 aliphatic heterocycles. The van der Waals surface area contributed by atoms with Crippen LogP contribution in [0.25, 0.3) is 0 Å². The number of halogens is 3. The van der Waals surface area contributed by atoms with E-state index in [4.69, 9.17) is 4.74 Å². The molecule has 0 saturated heterocycles. The Kier molecular flexibility index (Phi) is 2.52. The van der Waals surface area contributed by atoms with Gasteiger partial charge in [0.1, 0.15) is 5.75 Å². The maximum absolute atomic E-state index is 12.4. The lowest BCUT2D eigenvalue weighted by molar-refractivity contribution is -0.179. The molecule has 102 valence electrons. The van der Waals surface area contributed by atoms with Gasteiger partial charge in [0.2, 0.25) is 0 Å². The zero-order valence-electron chi connectivity index (χ0n) is 9.96. The number of hydrogen-bond acceptors (Lipinski definition) is 2. The van der Waals surface area contributed by atoms with Crippen LogP contribution in [0.1, 0.15) is 30.7 Å². The van der Waals surface area contributed by atoms with Crippen LogP contribution >= 0.6 is 0 Å². The van der Waals surface area contributed by atoms with E-state index < -0.39 is 17.8 Å². The highest BCUT2D eigenvalue weighted by Crippen LogP contribution is 2.52. The van der Waals surface area contributed by atoms with Crippen molar-refractivity contribution in [2.75, 3.05) is 0 Å². The van der Waals surface area contributed by atoms with E-state index in [0.717, 1.165) is 18.4 Å². The van der Waals surface area contributed by atoms with Gasteiger partial charge >= 0.3 is 12.1 Å². The molecule has 1 fully saturated rings. The van der Waals surface area contributed by atoms with Crippen molar-refractivity contribution >= 4 is 5.91 Å². The first-order valence-corrected chi connectivity index (χ1v) is 6.10. The van der Waals surface area contributed by atoms with Crippen molar-refractivity contribution in [3.05, 3.63) is 29.8 Å². The summed E-state index contributed by atoms with van der Waals surface area (Å²) in [6, 6.07) is 7.14. The van der Waals surface area contributed by atoms with Gasteiger partial charge in [0.05, 0.1) is 0 Å². The SMILES string of the molecule is O=C(NC12CCCC1c1ccccc1O2)C(F)(F)F. The molecule has 6 heteroatoms. The molecule has 1 saturated carbocycles. The molecule has 2 unspecified atom stereocenters. The Bertz CT molecular complexity index is 529. The topological polar surface area (TPSA) is 38.3 Å². The summed E-state index contributed by atoms with van der Waals surface area (Å²) in [4.78, 5) is 11.2. The molecule has 2 aliphatic rings. The minimum Gasteiger partial charge on any atom is -0.467 e. The van der Waals surface area contributed by atoms with Crippen molar-refractivity contribution in [2.24, 2.45) is 0 Å². The van der Waals surface area contributed by atoms with Crippen molar-refractivity contribution in [2.45, 2.75) is 37.1 Å². The third kappa shape index (κ3) is 1.86. The van der Waals surface area contributed by atoms with E-state index in [0.29, 0.717) is 12.2 Å². The number of ether oxygens (including phenoxy) is 1. The minimum atomic E-state index is -4.89. The summed E-state index contributed by atoms with van der Waals surface area (Å²) in [7, 11) is 0. The molecular weight excluding hydrogens is 259 g/mol. The van der Waals surface area contributed by atoms with Gasteiger partial charge in [0.15, 0.2) is 5.72 Å². The molecular formula is C13H12F3NO2. The molecule has 1 N–H and O–H groups in total. The molecule has 0 spiro atoms. The Morgan fingerprint density at radius 2 is 2.11 bits per heavy atom. The molecule has 1 amide bonds. The Labute approximate surface area is 107 Å². The van der Waals surface area contributed by atoms with Crippen LogP contribution in [-0.2, 0) is 4.79 Å². The number of alkyl halides is 3. The Balaban J connectivity index is 1.91. The van der Waals surface area contributed by atoms with Gasteiger partial charge in [-0.25, -0.2) is 0 Å². The number of fused-ring (bicyclic) bond motifs is 3. The largest absolute Gasteiger partial charge is 0.471 e. The number of amides is 1. The Hall–Kier alpha value is -1.72. The minimum absolute atomic E-state index is 0.199. The maximum atomic E-state index is 12.4. The third-order valence-electron chi connectivity index (χ3n) is 3.77. The normalized spacial score (nSPS) is 28.5. The second-order valence-corrected chi connectivity index (χ2v) is 4.93. The van der Waals surface area contributed by atoms with E-state index in [1.54, 1.807) is 12.1 Å². The van der Waals surface area contributed by atoms with E-state index in [1.165, 1.54) is 0 Å². The summed E-state index contributed by atoms with van der Waals surface area (Å²) < 4.78 is 42.9. The molecule has 3 nitrogen and oxygen atoms in total. The first-order valence-electron chi connectivity index (χ1n) is 6.10. The predicted molar refractivity (Wildman–Crippen MR) is 60.6 cm³/mol. The Morgan fingerprint density at radius 3 is 2.84 bits per heavy atom. The van der Waals surface area contributed by atoms with Crippen molar-refractivity contribution in [1.82, 2.24) is 5.32 Å². The van der Waals surface area contributed by atoms with Crippen LogP contribution in [0.4, 0.5) is 13.2 Å². The zero-order valence-corrected chi connectivity index (χ0v) is 9.96. The standard InChI is InChI=1S/C13H12F3NO2/c14-13(15,16)11(18)17-12-7-3-5-9(12)8-4-1-2-6-10(8)19-12/h1-2,4,6,9H,3,5,7H2,(H,17,18). The highest BCUT2D eigenvalue weighted by Gasteiger charge is 2.55. The fraction of sp³-hybridized carbons (Fsp3) is 0.462. The molecule has 0 aromatic heterocycles. The zero-order chi connectivity index (χ0) is 13.7. The Morgan fingerprint density at radius 1 is 1.37 bits per heavy atom. The van der Waals surface area contributed by atoms with Crippen LogP contribution in [-0.4, -0.2) is 17.8 Å². The van der Waals surface area contributed by atoms with E-state index in [1.807, 2.05) is 12.1 Å². The highest BCUT2D eigenvalue weighted by atomic mass is 19.4. The lowest BCUT2D eigenvalue weighted by Gasteiger charge is -2.30. The monoisotopic (exact) mass is 271 g/mol. The van der Waals surface area contributed by atoms with Crippen LogP contribution in [0, 0.1) is 0 Å². The number of carbonyl (C=O) groups is 1. The number of nitrogens with one attached hydrogen (secondary N) is 1. The third-order valence-corrected chi connectivity index (χ3v) is 3.77. The van der Waals surface area contributed by atoms with Gasteiger partial charge in [-0.1, -0.05) is 18.2 Å². The second kappa shape index (κ2) is 3.88. The van der Waals surface area contributed by atoms with Crippen molar-refractivity contribution in [3.63, 3.8) is 0 Å². The van der Waals surface area contributed by atoms with Gasteiger partial charge in [-0.05, 0) is 18.9 Å². The van der Waals surface area contributed by atoms with E-state index >= 15 is 0 Å². The van der Waals surface area contributed by atoms with Crippen LogP contribution in [0.5, 0.6) is 5.75 Å². The second-order valence-electron chi connectivity index (χ2n) is 4.93. The molecule has 0 radical (unpaired) electrons. The van der Waals surface area contributed by atoms with Gasteiger partial charge in [0, 0.05) is 17.9 Å². The smallest absolute Gasteiger partial charge is 0.467 e. The number of carbonyl (C=O) groups excluding carboxylic acids is 1. The molecule has 1 heterocycles. The first-order chi connectivity index (χ1) is 8.92. The fourth-order valence-electron chi connectivity index (χ4n) is 3.00. The first kappa shape index (κ1) is 12.3. The molecule has 2 atom stereocenters. The lowest BCUT2D eigenvalue weighted by Crippen LogP contribution is -2.55. The lowest BCUT2D eigenvalue weighted by atomic mass is 9.93. The van der Waals surface area contributed by atoms with Crippen molar-refractivity contribution in [3.8, 4) is 5.75 Å². The molecule has 19 heavy (non-hydrogen) atoms. The maximum Gasteiger partial charge on any atom is 0.471 e. The van der Waals surface area contributed by atoms with E-state index in [9.17, 15) is 18.0 Å². The van der Waals surface area contributed by atoms with Crippen LogP contribution in [0.15, 0.2) is 24.3 Å². The van der Waals surface area contributed by atoms with Crippen molar-refractivity contribution in [1.29, 1.82) is 0 Å². The molecule has 3 rings (SSSR count). The summed E-state index contributed by atoms with van der Waals surface area (Å²) in [6.07, 6.45) is -3.04. The van der Waals surface area contributed by atoms with Gasteiger partial charge in [-0.2, -0.15) is 13.2 Å². The molecule has 1 aromatic rings. The van der Waals surface area contributed by atoms with Gasteiger partial charge in [-0.15, -0.1) is 0 Å². The quantitative estimate of drug-likeness (QED) is 0.853. The number of hydrogen-bond donors (Lipinski definition) is 1. The summed E-state index contributed by atoms with van der Waals surface area (Å²) >= 11 is 0.